The normalized spacial score (nSPS) is 23.9. The molecule has 2 rings (SSSR count). The third-order valence-electron chi connectivity index (χ3n) is 4.41. The molecule has 0 bridgehead atoms. The van der Waals surface area contributed by atoms with Crippen LogP contribution in [0.25, 0.3) is 0 Å². The lowest BCUT2D eigenvalue weighted by Crippen LogP contribution is -2.41. The van der Waals surface area contributed by atoms with Crippen molar-refractivity contribution in [3.05, 3.63) is 35.1 Å². The van der Waals surface area contributed by atoms with Crippen molar-refractivity contribution in [3.63, 3.8) is 0 Å². The van der Waals surface area contributed by atoms with E-state index < -0.39 is 0 Å². The van der Waals surface area contributed by atoms with E-state index in [0.29, 0.717) is 11.8 Å². The third kappa shape index (κ3) is 4.05. The van der Waals surface area contributed by atoms with E-state index >= 15 is 0 Å². The Balaban J connectivity index is 2.11. The van der Waals surface area contributed by atoms with Gasteiger partial charge in [0.2, 0.25) is 0 Å². The maximum absolute atomic E-state index is 13.5. The van der Waals surface area contributed by atoms with Crippen molar-refractivity contribution < 1.29 is 4.39 Å². The Morgan fingerprint density at radius 3 is 2.55 bits per heavy atom. The van der Waals surface area contributed by atoms with Gasteiger partial charge < -0.3 is 5.32 Å². The van der Waals surface area contributed by atoms with Crippen LogP contribution in [0.2, 0.25) is 0 Å². The zero-order chi connectivity index (χ0) is 14.8. The topological polar surface area (TPSA) is 12.0 Å². The number of rotatable bonds is 3. The second-order valence-corrected chi connectivity index (χ2v) is 7.29. The molecule has 20 heavy (non-hydrogen) atoms. The van der Waals surface area contributed by atoms with Crippen LogP contribution < -0.4 is 5.32 Å². The summed E-state index contributed by atoms with van der Waals surface area (Å²) in [6.07, 6.45) is 5.14. The van der Waals surface area contributed by atoms with Gasteiger partial charge in [0.15, 0.2) is 0 Å². The molecule has 1 saturated carbocycles. The molecule has 1 aliphatic carbocycles. The summed E-state index contributed by atoms with van der Waals surface area (Å²) in [7, 11) is 0. The van der Waals surface area contributed by atoms with Crippen molar-refractivity contribution >= 4 is 0 Å². The molecular formula is C18H28FN. The lowest BCUT2D eigenvalue weighted by molar-refractivity contribution is 0.269. The molecule has 0 spiro atoms. The highest BCUT2D eigenvalue weighted by Crippen LogP contribution is 2.38. The molecule has 2 atom stereocenters. The summed E-state index contributed by atoms with van der Waals surface area (Å²) >= 11 is 0. The Labute approximate surface area is 123 Å². The van der Waals surface area contributed by atoms with Crippen molar-refractivity contribution in [2.24, 2.45) is 5.92 Å². The standard InChI is InChI=1S/C18H28FN/c1-13-11-14(9-10-17(13)19)16-8-6-5-7-15(16)12-20-18(2,3)4/h9-11,15-16,20H,5-8,12H2,1-4H3. The molecule has 2 unspecified atom stereocenters. The van der Waals surface area contributed by atoms with Gasteiger partial charge in [0, 0.05) is 5.54 Å². The smallest absolute Gasteiger partial charge is 0.126 e. The maximum Gasteiger partial charge on any atom is 0.126 e. The molecule has 1 aromatic rings. The van der Waals surface area contributed by atoms with E-state index in [1.807, 2.05) is 13.0 Å². The molecule has 0 aliphatic heterocycles. The van der Waals surface area contributed by atoms with Crippen LogP contribution >= 0.6 is 0 Å². The fourth-order valence-corrected chi connectivity index (χ4v) is 3.23. The minimum absolute atomic E-state index is 0.0890. The predicted molar refractivity (Wildman–Crippen MR) is 83.6 cm³/mol. The number of hydrogen-bond donors (Lipinski definition) is 1. The first-order valence-electron chi connectivity index (χ1n) is 7.88. The molecule has 0 saturated heterocycles. The number of hydrogen-bond acceptors (Lipinski definition) is 1. The van der Waals surface area contributed by atoms with Gasteiger partial charge in [-0.1, -0.05) is 25.0 Å². The van der Waals surface area contributed by atoms with Crippen LogP contribution in [0.3, 0.4) is 0 Å². The molecule has 0 amide bonds. The van der Waals surface area contributed by atoms with Gasteiger partial charge in [-0.25, -0.2) is 4.39 Å². The molecule has 1 N–H and O–H groups in total. The van der Waals surface area contributed by atoms with Crippen LogP contribution in [0.1, 0.15) is 63.5 Å². The average molecular weight is 277 g/mol. The number of nitrogens with one attached hydrogen (secondary N) is 1. The minimum atomic E-state index is -0.0890. The van der Waals surface area contributed by atoms with Crippen LogP contribution in [-0.4, -0.2) is 12.1 Å². The van der Waals surface area contributed by atoms with Gasteiger partial charge in [-0.3, -0.25) is 0 Å². The van der Waals surface area contributed by atoms with Crippen LogP contribution in [0.4, 0.5) is 4.39 Å². The Kier molecular flexibility index (Phi) is 4.85. The van der Waals surface area contributed by atoms with Crippen molar-refractivity contribution in [2.75, 3.05) is 6.54 Å². The van der Waals surface area contributed by atoms with Crippen LogP contribution in [0.5, 0.6) is 0 Å². The average Bonchev–Trinajstić information content (AvgIpc) is 2.39. The summed E-state index contributed by atoms with van der Waals surface area (Å²) < 4.78 is 13.5. The van der Waals surface area contributed by atoms with E-state index in [2.05, 4.69) is 32.2 Å². The molecule has 2 heteroatoms. The fourth-order valence-electron chi connectivity index (χ4n) is 3.23. The molecule has 1 aromatic carbocycles. The highest BCUT2D eigenvalue weighted by molar-refractivity contribution is 5.27. The van der Waals surface area contributed by atoms with Crippen LogP contribution in [0.15, 0.2) is 18.2 Å². The third-order valence-corrected chi connectivity index (χ3v) is 4.41. The summed E-state index contributed by atoms with van der Waals surface area (Å²) in [6, 6.07) is 5.67. The zero-order valence-electron chi connectivity index (χ0n) is 13.3. The number of benzene rings is 1. The van der Waals surface area contributed by atoms with Gasteiger partial charge >= 0.3 is 0 Å². The van der Waals surface area contributed by atoms with Gasteiger partial charge in [0.05, 0.1) is 0 Å². The highest BCUT2D eigenvalue weighted by atomic mass is 19.1. The molecule has 0 radical (unpaired) electrons. The molecule has 1 aliphatic rings. The molecule has 0 heterocycles. The van der Waals surface area contributed by atoms with Crippen molar-refractivity contribution in [3.8, 4) is 0 Å². The first-order chi connectivity index (χ1) is 9.37. The second-order valence-electron chi connectivity index (χ2n) is 7.29. The SMILES string of the molecule is Cc1cc(C2CCCCC2CNC(C)(C)C)ccc1F. The summed E-state index contributed by atoms with van der Waals surface area (Å²) in [5.74, 6) is 1.17. The lowest BCUT2D eigenvalue weighted by atomic mass is 9.75. The Bertz CT molecular complexity index is 447. The fraction of sp³-hybridized carbons (Fsp3) is 0.667. The monoisotopic (exact) mass is 277 g/mol. The van der Waals surface area contributed by atoms with Gasteiger partial charge in [-0.2, -0.15) is 0 Å². The Morgan fingerprint density at radius 1 is 1.20 bits per heavy atom. The first-order valence-corrected chi connectivity index (χ1v) is 7.88. The van der Waals surface area contributed by atoms with Crippen molar-refractivity contribution in [1.82, 2.24) is 5.32 Å². The van der Waals surface area contributed by atoms with E-state index in [-0.39, 0.29) is 11.4 Å². The van der Waals surface area contributed by atoms with Gasteiger partial charge in [0.1, 0.15) is 5.82 Å². The predicted octanol–water partition coefficient (Wildman–Crippen LogP) is 4.80. The van der Waals surface area contributed by atoms with Gasteiger partial charge in [0.25, 0.3) is 0 Å². The summed E-state index contributed by atoms with van der Waals surface area (Å²) in [5, 5.41) is 3.64. The molecule has 1 nitrogen and oxygen atoms in total. The Hall–Kier alpha value is -0.890. The number of halogens is 1. The molecular weight excluding hydrogens is 249 g/mol. The summed E-state index contributed by atoms with van der Waals surface area (Å²) in [6.45, 7) is 9.57. The first kappa shape index (κ1) is 15.5. The second kappa shape index (κ2) is 6.26. The lowest BCUT2D eigenvalue weighted by Gasteiger charge is -2.34. The minimum Gasteiger partial charge on any atom is -0.312 e. The van der Waals surface area contributed by atoms with Crippen LogP contribution in [-0.2, 0) is 0 Å². The van der Waals surface area contributed by atoms with Gasteiger partial charge in [-0.15, -0.1) is 0 Å². The molecule has 112 valence electrons. The number of aryl methyl sites for hydroxylation is 1. The largest absolute Gasteiger partial charge is 0.312 e. The Morgan fingerprint density at radius 2 is 1.90 bits per heavy atom. The van der Waals surface area contributed by atoms with Gasteiger partial charge in [-0.05, 0) is 76.1 Å². The van der Waals surface area contributed by atoms with E-state index in [9.17, 15) is 4.39 Å². The van der Waals surface area contributed by atoms with Crippen molar-refractivity contribution in [1.29, 1.82) is 0 Å². The van der Waals surface area contributed by atoms with Crippen LogP contribution in [0, 0.1) is 18.7 Å². The molecule has 1 fully saturated rings. The highest BCUT2D eigenvalue weighted by Gasteiger charge is 2.27. The van der Waals surface area contributed by atoms with Crippen molar-refractivity contribution in [2.45, 2.75) is 64.8 Å². The van der Waals surface area contributed by atoms with E-state index in [1.54, 1.807) is 6.07 Å². The van der Waals surface area contributed by atoms with E-state index in [4.69, 9.17) is 0 Å². The van der Waals surface area contributed by atoms with E-state index in [1.165, 1.54) is 31.2 Å². The summed E-state index contributed by atoms with van der Waals surface area (Å²) in [4.78, 5) is 0. The zero-order valence-corrected chi connectivity index (χ0v) is 13.3. The van der Waals surface area contributed by atoms with E-state index in [0.717, 1.165) is 12.1 Å². The quantitative estimate of drug-likeness (QED) is 0.837. The maximum atomic E-state index is 13.5. The summed E-state index contributed by atoms with van der Waals surface area (Å²) in [5.41, 5.74) is 2.26. The molecule has 0 aromatic heterocycles.